The SMILES string of the molecule is CCCNC(CCc1ccco1)c1cncc(OC)c1. The van der Waals surface area contributed by atoms with E-state index in [9.17, 15) is 0 Å². The summed E-state index contributed by atoms with van der Waals surface area (Å²) in [6.07, 6.45) is 8.34. The largest absolute Gasteiger partial charge is 0.495 e. The van der Waals surface area contributed by atoms with Crippen molar-refractivity contribution in [1.29, 1.82) is 0 Å². The summed E-state index contributed by atoms with van der Waals surface area (Å²) in [4.78, 5) is 4.24. The number of rotatable bonds is 8. The molecule has 4 nitrogen and oxygen atoms in total. The Morgan fingerprint density at radius 3 is 3.00 bits per heavy atom. The van der Waals surface area contributed by atoms with Crippen molar-refractivity contribution in [3.63, 3.8) is 0 Å². The number of hydrogen-bond acceptors (Lipinski definition) is 4. The zero-order valence-electron chi connectivity index (χ0n) is 12.1. The predicted octanol–water partition coefficient (Wildman–Crippen LogP) is 3.36. The molecule has 2 aromatic rings. The summed E-state index contributed by atoms with van der Waals surface area (Å²) < 4.78 is 10.7. The standard InChI is InChI=1S/C16H22N2O2/c1-3-8-18-16(7-6-14-5-4-9-20-14)13-10-15(19-2)12-17-11-13/h4-5,9-12,16,18H,3,6-8H2,1-2H3. The quantitative estimate of drug-likeness (QED) is 0.802. The van der Waals surface area contributed by atoms with E-state index in [1.165, 1.54) is 0 Å². The van der Waals surface area contributed by atoms with Crippen LogP contribution < -0.4 is 10.1 Å². The third-order valence-electron chi connectivity index (χ3n) is 3.27. The van der Waals surface area contributed by atoms with Crippen LogP contribution >= 0.6 is 0 Å². The van der Waals surface area contributed by atoms with Gasteiger partial charge in [-0.1, -0.05) is 6.92 Å². The summed E-state index contributed by atoms with van der Waals surface area (Å²) in [6.45, 7) is 3.15. The van der Waals surface area contributed by atoms with Crippen molar-refractivity contribution in [3.05, 3.63) is 48.2 Å². The third-order valence-corrected chi connectivity index (χ3v) is 3.27. The number of ether oxygens (including phenoxy) is 1. The molecule has 2 heterocycles. The molecule has 0 saturated heterocycles. The van der Waals surface area contributed by atoms with Crippen LogP contribution in [-0.2, 0) is 6.42 Å². The minimum absolute atomic E-state index is 0.266. The number of aryl methyl sites for hydroxylation is 1. The van der Waals surface area contributed by atoms with Crippen molar-refractivity contribution in [2.45, 2.75) is 32.2 Å². The van der Waals surface area contributed by atoms with Gasteiger partial charge in [0.1, 0.15) is 11.5 Å². The van der Waals surface area contributed by atoms with Crippen LogP contribution in [0, 0.1) is 0 Å². The first kappa shape index (κ1) is 14.6. The Labute approximate surface area is 120 Å². The highest BCUT2D eigenvalue weighted by Gasteiger charge is 2.13. The van der Waals surface area contributed by atoms with Crippen LogP contribution in [0.25, 0.3) is 0 Å². The molecule has 0 aliphatic rings. The maximum absolute atomic E-state index is 5.40. The van der Waals surface area contributed by atoms with Crippen molar-refractivity contribution < 1.29 is 9.15 Å². The molecule has 0 aliphatic heterocycles. The van der Waals surface area contributed by atoms with Gasteiger partial charge in [-0.2, -0.15) is 0 Å². The van der Waals surface area contributed by atoms with E-state index in [2.05, 4.69) is 17.2 Å². The van der Waals surface area contributed by atoms with E-state index < -0.39 is 0 Å². The molecule has 2 aromatic heterocycles. The molecule has 0 radical (unpaired) electrons. The molecule has 1 unspecified atom stereocenters. The predicted molar refractivity (Wildman–Crippen MR) is 78.9 cm³/mol. The van der Waals surface area contributed by atoms with Gasteiger partial charge >= 0.3 is 0 Å². The minimum Gasteiger partial charge on any atom is -0.495 e. The summed E-state index contributed by atoms with van der Waals surface area (Å²) in [5.41, 5.74) is 1.16. The number of aromatic nitrogens is 1. The van der Waals surface area contributed by atoms with Gasteiger partial charge in [-0.15, -0.1) is 0 Å². The number of hydrogen-bond donors (Lipinski definition) is 1. The van der Waals surface area contributed by atoms with Gasteiger partial charge in [-0.05, 0) is 43.1 Å². The van der Waals surface area contributed by atoms with Gasteiger partial charge in [-0.3, -0.25) is 4.98 Å². The zero-order chi connectivity index (χ0) is 14.2. The second-order valence-electron chi connectivity index (χ2n) is 4.78. The van der Waals surface area contributed by atoms with E-state index in [0.717, 1.165) is 42.9 Å². The molecule has 20 heavy (non-hydrogen) atoms. The summed E-state index contributed by atoms with van der Waals surface area (Å²) >= 11 is 0. The minimum atomic E-state index is 0.266. The highest BCUT2D eigenvalue weighted by Crippen LogP contribution is 2.22. The second-order valence-corrected chi connectivity index (χ2v) is 4.78. The van der Waals surface area contributed by atoms with E-state index in [0.29, 0.717) is 0 Å². The lowest BCUT2D eigenvalue weighted by Crippen LogP contribution is -2.22. The number of pyridine rings is 1. The van der Waals surface area contributed by atoms with Crippen LogP contribution in [0.15, 0.2) is 41.3 Å². The first-order valence-corrected chi connectivity index (χ1v) is 7.08. The van der Waals surface area contributed by atoms with Crippen molar-refractivity contribution in [3.8, 4) is 5.75 Å². The molecule has 0 aromatic carbocycles. The molecular formula is C16H22N2O2. The number of nitrogens with zero attached hydrogens (tertiary/aromatic N) is 1. The lowest BCUT2D eigenvalue weighted by molar-refractivity contribution is 0.408. The Morgan fingerprint density at radius 2 is 2.30 bits per heavy atom. The highest BCUT2D eigenvalue weighted by atomic mass is 16.5. The fourth-order valence-corrected chi connectivity index (χ4v) is 2.18. The van der Waals surface area contributed by atoms with Crippen LogP contribution in [0.3, 0.4) is 0 Å². The van der Waals surface area contributed by atoms with E-state index in [1.54, 1.807) is 19.6 Å². The van der Waals surface area contributed by atoms with Crippen LogP contribution in [0.5, 0.6) is 5.75 Å². The molecule has 0 aliphatic carbocycles. The lowest BCUT2D eigenvalue weighted by atomic mass is 10.0. The Morgan fingerprint density at radius 1 is 1.40 bits per heavy atom. The molecule has 0 saturated carbocycles. The van der Waals surface area contributed by atoms with Gasteiger partial charge in [0.25, 0.3) is 0 Å². The number of nitrogens with one attached hydrogen (secondary N) is 1. The Kier molecular flexibility index (Phi) is 5.62. The lowest BCUT2D eigenvalue weighted by Gasteiger charge is -2.18. The fourth-order valence-electron chi connectivity index (χ4n) is 2.18. The van der Waals surface area contributed by atoms with Gasteiger partial charge in [0.2, 0.25) is 0 Å². The van der Waals surface area contributed by atoms with Crippen LogP contribution in [0.2, 0.25) is 0 Å². The van der Waals surface area contributed by atoms with Gasteiger partial charge in [0.15, 0.2) is 0 Å². The molecule has 0 fully saturated rings. The number of furan rings is 1. The van der Waals surface area contributed by atoms with Crippen LogP contribution in [0.1, 0.15) is 37.1 Å². The second kappa shape index (κ2) is 7.70. The van der Waals surface area contributed by atoms with E-state index >= 15 is 0 Å². The van der Waals surface area contributed by atoms with Crippen molar-refractivity contribution >= 4 is 0 Å². The molecule has 1 N–H and O–H groups in total. The molecular weight excluding hydrogens is 252 g/mol. The highest BCUT2D eigenvalue weighted by molar-refractivity contribution is 5.26. The average molecular weight is 274 g/mol. The van der Waals surface area contributed by atoms with Crippen LogP contribution in [0.4, 0.5) is 0 Å². The normalized spacial score (nSPS) is 12.3. The summed E-state index contributed by atoms with van der Waals surface area (Å²) in [7, 11) is 1.66. The molecule has 0 spiro atoms. The molecule has 2 rings (SSSR count). The first-order chi connectivity index (χ1) is 9.83. The van der Waals surface area contributed by atoms with Crippen LogP contribution in [-0.4, -0.2) is 18.6 Å². The molecule has 4 heteroatoms. The summed E-state index contributed by atoms with van der Waals surface area (Å²) in [5, 5.41) is 3.56. The molecule has 0 bridgehead atoms. The van der Waals surface area contributed by atoms with Gasteiger partial charge in [-0.25, -0.2) is 0 Å². The fraction of sp³-hybridized carbons (Fsp3) is 0.438. The monoisotopic (exact) mass is 274 g/mol. The maximum atomic E-state index is 5.40. The maximum Gasteiger partial charge on any atom is 0.137 e. The zero-order valence-corrected chi connectivity index (χ0v) is 12.1. The van der Waals surface area contributed by atoms with E-state index in [-0.39, 0.29) is 6.04 Å². The Balaban J connectivity index is 2.05. The molecule has 108 valence electrons. The molecule has 1 atom stereocenters. The smallest absolute Gasteiger partial charge is 0.137 e. The Bertz CT molecular complexity index is 497. The van der Waals surface area contributed by atoms with Crippen molar-refractivity contribution in [2.24, 2.45) is 0 Å². The average Bonchev–Trinajstić information content (AvgIpc) is 3.01. The topological polar surface area (TPSA) is 47.3 Å². The van der Waals surface area contributed by atoms with E-state index in [1.807, 2.05) is 24.4 Å². The van der Waals surface area contributed by atoms with Gasteiger partial charge in [0, 0.05) is 18.7 Å². The summed E-state index contributed by atoms with van der Waals surface area (Å²) in [5.74, 6) is 1.81. The third kappa shape index (κ3) is 4.10. The Hall–Kier alpha value is -1.81. The van der Waals surface area contributed by atoms with Gasteiger partial charge < -0.3 is 14.5 Å². The van der Waals surface area contributed by atoms with Crippen molar-refractivity contribution in [2.75, 3.05) is 13.7 Å². The van der Waals surface area contributed by atoms with E-state index in [4.69, 9.17) is 9.15 Å². The first-order valence-electron chi connectivity index (χ1n) is 7.08. The number of methoxy groups -OCH3 is 1. The molecule has 0 amide bonds. The van der Waals surface area contributed by atoms with Gasteiger partial charge in [0.05, 0.1) is 19.6 Å². The van der Waals surface area contributed by atoms with Crippen molar-refractivity contribution in [1.82, 2.24) is 10.3 Å². The summed E-state index contributed by atoms with van der Waals surface area (Å²) in [6, 6.07) is 6.25.